The van der Waals surface area contributed by atoms with Crippen molar-refractivity contribution in [3.8, 4) is 0 Å². The normalized spacial score (nSPS) is 13.5. The number of benzene rings is 1. The number of hydrogen-bond acceptors (Lipinski definition) is 4. The van der Waals surface area contributed by atoms with Gasteiger partial charge in [0, 0.05) is 18.8 Å². The minimum atomic E-state index is -3.79. The Hall–Kier alpha value is -1.51. The molecule has 22 heavy (non-hydrogen) atoms. The van der Waals surface area contributed by atoms with Crippen LogP contribution in [0.1, 0.15) is 31.1 Å². The van der Waals surface area contributed by atoms with Crippen molar-refractivity contribution in [2.24, 2.45) is 0 Å². The average Bonchev–Trinajstić information content (AvgIpc) is 2.88. The Balaban J connectivity index is 2.40. The highest BCUT2D eigenvalue weighted by Gasteiger charge is 2.30. The number of H-pyrrole nitrogens is 1. The summed E-state index contributed by atoms with van der Waals surface area (Å²) in [6, 6.07) is 5.20. The van der Waals surface area contributed by atoms with Gasteiger partial charge in [-0.15, -0.1) is 0 Å². The van der Waals surface area contributed by atoms with Crippen LogP contribution >= 0.6 is 11.3 Å². The van der Waals surface area contributed by atoms with E-state index in [1.165, 1.54) is 23.5 Å². The highest BCUT2D eigenvalue weighted by molar-refractivity contribution is 7.91. The molecule has 0 amide bonds. The van der Waals surface area contributed by atoms with Crippen LogP contribution in [-0.4, -0.2) is 24.8 Å². The van der Waals surface area contributed by atoms with Gasteiger partial charge in [0.2, 0.25) is 0 Å². The first kappa shape index (κ1) is 16.9. The van der Waals surface area contributed by atoms with Crippen molar-refractivity contribution in [1.29, 1.82) is 0 Å². The SMILES string of the molecule is CCc1[nH]c(=O)sc1S(=O)(=O)N(C)C(C)c1ccc(F)cc1. The monoisotopic (exact) mass is 344 g/mol. The van der Waals surface area contributed by atoms with E-state index in [0.717, 1.165) is 0 Å². The molecule has 2 rings (SSSR count). The number of aryl methyl sites for hydroxylation is 1. The number of aromatic nitrogens is 1. The molecule has 0 radical (unpaired) electrons. The summed E-state index contributed by atoms with van der Waals surface area (Å²) in [5.74, 6) is -0.376. The van der Waals surface area contributed by atoms with Gasteiger partial charge in [0.25, 0.3) is 10.0 Å². The Morgan fingerprint density at radius 1 is 1.32 bits per heavy atom. The van der Waals surface area contributed by atoms with Gasteiger partial charge >= 0.3 is 4.87 Å². The van der Waals surface area contributed by atoms with E-state index in [1.54, 1.807) is 26.0 Å². The van der Waals surface area contributed by atoms with Crippen LogP contribution in [0.15, 0.2) is 33.3 Å². The maximum Gasteiger partial charge on any atom is 0.306 e. The smallest absolute Gasteiger partial charge is 0.306 e. The fourth-order valence-electron chi connectivity index (χ4n) is 2.08. The van der Waals surface area contributed by atoms with Crippen LogP contribution in [0.5, 0.6) is 0 Å². The van der Waals surface area contributed by atoms with E-state index < -0.39 is 20.9 Å². The van der Waals surface area contributed by atoms with Crippen molar-refractivity contribution in [2.75, 3.05) is 7.05 Å². The molecule has 0 aliphatic carbocycles. The summed E-state index contributed by atoms with van der Waals surface area (Å²) in [5, 5.41) is 0. The number of halogens is 1. The second kappa shape index (κ2) is 6.31. The van der Waals surface area contributed by atoms with Crippen molar-refractivity contribution in [1.82, 2.24) is 9.29 Å². The van der Waals surface area contributed by atoms with Gasteiger partial charge in [-0.25, -0.2) is 12.8 Å². The van der Waals surface area contributed by atoms with Crippen molar-refractivity contribution >= 4 is 21.4 Å². The molecule has 5 nitrogen and oxygen atoms in total. The van der Waals surface area contributed by atoms with E-state index in [2.05, 4.69) is 4.98 Å². The molecule has 1 N–H and O–H groups in total. The number of nitrogens with zero attached hydrogens (tertiary/aromatic N) is 1. The molecule has 1 heterocycles. The zero-order valence-corrected chi connectivity index (χ0v) is 14.1. The maximum absolute atomic E-state index is 13.0. The first-order chi connectivity index (χ1) is 10.3. The third kappa shape index (κ3) is 3.13. The van der Waals surface area contributed by atoms with Crippen LogP contribution in [0.4, 0.5) is 4.39 Å². The van der Waals surface area contributed by atoms with E-state index in [0.29, 0.717) is 29.0 Å². The van der Waals surface area contributed by atoms with Crippen LogP contribution in [-0.2, 0) is 16.4 Å². The summed E-state index contributed by atoms with van der Waals surface area (Å²) in [6.07, 6.45) is 0.423. The second-order valence-electron chi connectivity index (χ2n) is 4.88. The number of nitrogens with one attached hydrogen (secondary N) is 1. The lowest BCUT2D eigenvalue weighted by Gasteiger charge is -2.24. The molecular formula is C14H17FN2O3S2. The standard InChI is InChI=1S/C14H17FN2O3S2/c1-4-12-13(21-14(18)16-12)22(19,20)17(3)9(2)10-5-7-11(15)8-6-10/h5-9H,4H2,1-3H3,(H,16,18). The topological polar surface area (TPSA) is 70.2 Å². The first-order valence-corrected chi connectivity index (χ1v) is 8.98. The Morgan fingerprint density at radius 2 is 1.91 bits per heavy atom. The molecule has 8 heteroatoms. The highest BCUT2D eigenvalue weighted by atomic mass is 32.2. The third-order valence-electron chi connectivity index (χ3n) is 3.55. The van der Waals surface area contributed by atoms with Gasteiger partial charge in [-0.2, -0.15) is 4.31 Å². The van der Waals surface area contributed by atoms with E-state index in [9.17, 15) is 17.6 Å². The van der Waals surface area contributed by atoms with Gasteiger partial charge in [0.1, 0.15) is 5.82 Å². The number of hydrogen-bond donors (Lipinski definition) is 1. The molecule has 0 saturated heterocycles. The maximum atomic E-state index is 13.0. The molecule has 0 fully saturated rings. The minimum absolute atomic E-state index is 0.0384. The quantitative estimate of drug-likeness (QED) is 0.906. The van der Waals surface area contributed by atoms with Crippen molar-refractivity contribution in [2.45, 2.75) is 30.5 Å². The second-order valence-corrected chi connectivity index (χ2v) is 8.06. The Morgan fingerprint density at radius 3 is 2.45 bits per heavy atom. The molecule has 120 valence electrons. The summed E-state index contributed by atoms with van der Waals surface area (Å²) in [6.45, 7) is 3.49. The molecular weight excluding hydrogens is 327 g/mol. The summed E-state index contributed by atoms with van der Waals surface area (Å²) in [7, 11) is -2.34. The fraction of sp³-hybridized carbons (Fsp3) is 0.357. The molecule has 2 aromatic rings. The van der Waals surface area contributed by atoms with E-state index in [4.69, 9.17) is 0 Å². The molecule has 0 aliphatic heterocycles. The lowest BCUT2D eigenvalue weighted by Crippen LogP contribution is -2.30. The lowest BCUT2D eigenvalue weighted by atomic mass is 10.1. The van der Waals surface area contributed by atoms with Crippen LogP contribution in [0.3, 0.4) is 0 Å². The highest BCUT2D eigenvalue weighted by Crippen LogP contribution is 2.28. The summed E-state index contributed by atoms with van der Waals surface area (Å²) < 4.78 is 39.6. The van der Waals surface area contributed by atoms with Crippen molar-refractivity contribution in [3.05, 3.63) is 51.0 Å². The number of aromatic amines is 1. The van der Waals surface area contributed by atoms with Crippen LogP contribution in [0, 0.1) is 5.82 Å². The zero-order valence-electron chi connectivity index (χ0n) is 12.5. The molecule has 1 aromatic heterocycles. The number of sulfonamides is 1. The minimum Gasteiger partial charge on any atom is -0.315 e. The molecule has 1 unspecified atom stereocenters. The van der Waals surface area contributed by atoms with Gasteiger partial charge in [0.15, 0.2) is 4.21 Å². The predicted octanol–water partition coefficient (Wildman–Crippen LogP) is 2.52. The van der Waals surface area contributed by atoms with Gasteiger partial charge in [0.05, 0.1) is 0 Å². The molecule has 1 aromatic carbocycles. The van der Waals surface area contributed by atoms with Gasteiger partial charge < -0.3 is 4.98 Å². The van der Waals surface area contributed by atoms with Gasteiger partial charge in [-0.1, -0.05) is 30.4 Å². The summed E-state index contributed by atoms with van der Waals surface area (Å²) in [5.41, 5.74) is 1.08. The largest absolute Gasteiger partial charge is 0.315 e. The lowest BCUT2D eigenvalue weighted by molar-refractivity contribution is 0.399. The molecule has 0 saturated carbocycles. The van der Waals surface area contributed by atoms with E-state index in [-0.39, 0.29) is 10.0 Å². The molecule has 0 bridgehead atoms. The Kier molecular flexibility index (Phi) is 4.84. The van der Waals surface area contributed by atoms with Gasteiger partial charge in [-0.05, 0) is 31.0 Å². The summed E-state index contributed by atoms with van der Waals surface area (Å²) >= 11 is 0.689. The predicted molar refractivity (Wildman–Crippen MR) is 84.1 cm³/mol. The Labute approximate surface area is 132 Å². The van der Waals surface area contributed by atoms with Gasteiger partial charge in [-0.3, -0.25) is 4.79 Å². The number of rotatable bonds is 5. The average molecular weight is 344 g/mol. The fourth-order valence-corrected chi connectivity index (χ4v) is 5.05. The van der Waals surface area contributed by atoms with E-state index in [1.807, 2.05) is 0 Å². The molecule has 0 spiro atoms. The Bertz CT molecular complexity index is 809. The van der Waals surface area contributed by atoms with Crippen molar-refractivity contribution in [3.63, 3.8) is 0 Å². The first-order valence-electron chi connectivity index (χ1n) is 6.72. The van der Waals surface area contributed by atoms with E-state index >= 15 is 0 Å². The van der Waals surface area contributed by atoms with Crippen molar-refractivity contribution < 1.29 is 12.8 Å². The molecule has 0 aliphatic rings. The third-order valence-corrected chi connectivity index (χ3v) is 6.94. The number of thiazole rings is 1. The zero-order chi connectivity index (χ0) is 16.5. The molecule has 1 atom stereocenters. The van der Waals surface area contributed by atoms with Crippen LogP contribution in [0.2, 0.25) is 0 Å². The van der Waals surface area contributed by atoms with Crippen LogP contribution < -0.4 is 4.87 Å². The summed E-state index contributed by atoms with van der Waals surface area (Å²) in [4.78, 5) is 13.6. The van der Waals surface area contributed by atoms with Crippen LogP contribution in [0.25, 0.3) is 0 Å².